The predicted molar refractivity (Wildman–Crippen MR) is 84.1 cm³/mol. The molecule has 1 aromatic rings. The molecule has 21 heavy (non-hydrogen) atoms. The Morgan fingerprint density at radius 1 is 1.38 bits per heavy atom. The molecule has 5 heteroatoms. The van der Waals surface area contributed by atoms with E-state index in [9.17, 15) is 5.11 Å². The number of rotatable bonds is 5. The number of hydrogen-bond donors (Lipinski definition) is 1. The second kappa shape index (κ2) is 7.45. The summed E-state index contributed by atoms with van der Waals surface area (Å²) in [5.41, 5.74) is 0.975. The van der Waals surface area contributed by atoms with Crippen LogP contribution in [-0.4, -0.2) is 54.6 Å². The van der Waals surface area contributed by atoms with Crippen LogP contribution >= 0.6 is 11.6 Å². The normalized spacial score (nSPS) is 24.8. The molecule has 0 aliphatic carbocycles. The van der Waals surface area contributed by atoms with Gasteiger partial charge in [0.15, 0.2) is 0 Å². The lowest BCUT2D eigenvalue weighted by Crippen LogP contribution is -2.48. The predicted octanol–water partition coefficient (Wildman–Crippen LogP) is 2.50. The lowest BCUT2D eigenvalue weighted by Gasteiger charge is -2.36. The first-order valence-electron chi connectivity index (χ1n) is 7.39. The fourth-order valence-corrected chi connectivity index (χ4v) is 2.97. The molecule has 0 spiro atoms. The molecule has 1 aromatic carbocycles. The molecular formula is C16H24ClNO3. The first kappa shape index (κ1) is 16.6. The standard InChI is InChI=1S/C16H24ClNO3/c1-11-6-14(17)4-5-16(11)20-10-15(19)9-18-7-12(2)21-13(3)8-18/h4-6,12-13,15,19H,7-10H2,1-3H3. The number of aliphatic hydroxyl groups is 1. The van der Waals surface area contributed by atoms with Crippen LogP contribution in [-0.2, 0) is 4.74 Å². The Labute approximate surface area is 131 Å². The molecule has 1 aliphatic heterocycles. The topological polar surface area (TPSA) is 41.9 Å². The van der Waals surface area contributed by atoms with Crippen molar-refractivity contribution in [1.29, 1.82) is 0 Å². The second-order valence-electron chi connectivity index (χ2n) is 5.85. The summed E-state index contributed by atoms with van der Waals surface area (Å²) >= 11 is 5.91. The van der Waals surface area contributed by atoms with Crippen LogP contribution in [0.4, 0.5) is 0 Å². The summed E-state index contributed by atoms with van der Waals surface area (Å²) in [5.74, 6) is 0.766. The van der Waals surface area contributed by atoms with Gasteiger partial charge >= 0.3 is 0 Å². The van der Waals surface area contributed by atoms with E-state index in [1.807, 2.05) is 19.1 Å². The number of morpholine rings is 1. The molecule has 118 valence electrons. The SMILES string of the molecule is Cc1cc(Cl)ccc1OCC(O)CN1CC(C)OC(C)C1. The van der Waals surface area contributed by atoms with E-state index in [-0.39, 0.29) is 18.8 Å². The third kappa shape index (κ3) is 5.15. The molecule has 1 saturated heterocycles. The second-order valence-corrected chi connectivity index (χ2v) is 6.29. The van der Waals surface area contributed by atoms with Crippen LogP contribution in [0.25, 0.3) is 0 Å². The summed E-state index contributed by atoms with van der Waals surface area (Å²) in [6.45, 7) is 8.64. The molecule has 1 fully saturated rings. The summed E-state index contributed by atoms with van der Waals surface area (Å²) in [4.78, 5) is 2.22. The van der Waals surface area contributed by atoms with Gasteiger partial charge in [0.25, 0.3) is 0 Å². The van der Waals surface area contributed by atoms with Crippen LogP contribution in [0.3, 0.4) is 0 Å². The van der Waals surface area contributed by atoms with Gasteiger partial charge in [0.05, 0.1) is 12.2 Å². The maximum Gasteiger partial charge on any atom is 0.122 e. The van der Waals surface area contributed by atoms with Crippen molar-refractivity contribution in [3.05, 3.63) is 28.8 Å². The van der Waals surface area contributed by atoms with Gasteiger partial charge in [0.1, 0.15) is 18.5 Å². The minimum atomic E-state index is -0.516. The molecule has 1 heterocycles. The zero-order chi connectivity index (χ0) is 15.4. The number of aliphatic hydroxyl groups excluding tert-OH is 1. The minimum absolute atomic E-state index is 0.209. The lowest BCUT2D eigenvalue weighted by molar-refractivity contribution is -0.0786. The number of aryl methyl sites for hydroxylation is 1. The van der Waals surface area contributed by atoms with Gasteiger partial charge in [0.2, 0.25) is 0 Å². The molecule has 2 rings (SSSR count). The van der Waals surface area contributed by atoms with Gasteiger partial charge in [-0.2, -0.15) is 0 Å². The molecule has 3 unspecified atom stereocenters. The fourth-order valence-electron chi connectivity index (χ4n) is 2.74. The lowest BCUT2D eigenvalue weighted by atomic mass is 10.2. The Bertz CT molecular complexity index is 459. The van der Waals surface area contributed by atoms with E-state index < -0.39 is 6.10 Å². The summed E-state index contributed by atoms with van der Waals surface area (Å²) in [7, 11) is 0. The largest absolute Gasteiger partial charge is 0.491 e. The molecule has 1 N–H and O–H groups in total. The molecule has 0 amide bonds. The van der Waals surface area contributed by atoms with Crippen molar-refractivity contribution in [3.8, 4) is 5.75 Å². The molecule has 4 nitrogen and oxygen atoms in total. The van der Waals surface area contributed by atoms with Crippen LogP contribution in [0.5, 0.6) is 5.75 Å². The van der Waals surface area contributed by atoms with Crippen molar-refractivity contribution in [2.45, 2.75) is 39.1 Å². The molecule has 3 atom stereocenters. The molecule has 0 bridgehead atoms. The first-order chi connectivity index (χ1) is 9.94. The first-order valence-corrected chi connectivity index (χ1v) is 7.76. The van der Waals surface area contributed by atoms with Crippen LogP contribution in [0.2, 0.25) is 5.02 Å². The number of β-amino-alcohol motifs (C(OH)–C–C–N with tert-alkyl or cyclic N) is 1. The summed E-state index contributed by atoms with van der Waals surface area (Å²) in [6.07, 6.45) is -0.0988. The minimum Gasteiger partial charge on any atom is -0.491 e. The van der Waals surface area contributed by atoms with Crippen LogP contribution < -0.4 is 4.74 Å². The number of ether oxygens (including phenoxy) is 2. The van der Waals surface area contributed by atoms with Crippen LogP contribution in [0.15, 0.2) is 18.2 Å². The van der Waals surface area contributed by atoms with Crippen molar-refractivity contribution in [1.82, 2.24) is 4.90 Å². The maximum atomic E-state index is 10.1. The van der Waals surface area contributed by atoms with Crippen molar-refractivity contribution < 1.29 is 14.6 Å². The van der Waals surface area contributed by atoms with Gasteiger partial charge in [-0.1, -0.05) is 11.6 Å². The van der Waals surface area contributed by atoms with E-state index in [0.717, 1.165) is 24.4 Å². The Hall–Kier alpha value is -0.810. The Kier molecular flexibility index (Phi) is 5.88. The van der Waals surface area contributed by atoms with Crippen molar-refractivity contribution in [2.75, 3.05) is 26.2 Å². The van der Waals surface area contributed by atoms with E-state index in [1.165, 1.54) is 0 Å². The third-order valence-electron chi connectivity index (χ3n) is 3.53. The molecule has 0 saturated carbocycles. The highest BCUT2D eigenvalue weighted by Crippen LogP contribution is 2.22. The molecule has 1 aliphatic rings. The zero-order valence-electron chi connectivity index (χ0n) is 12.9. The number of hydrogen-bond acceptors (Lipinski definition) is 4. The Morgan fingerprint density at radius 3 is 2.67 bits per heavy atom. The highest BCUT2D eigenvalue weighted by molar-refractivity contribution is 6.30. The zero-order valence-corrected chi connectivity index (χ0v) is 13.6. The van der Waals surface area contributed by atoms with E-state index in [4.69, 9.17) is 21.1 Å². The molecule has 0 aromatic heterocycles. The van der Waals surface area contributed by atoms with Crippen LogP contribution in [0, 0.1) is 6.92 Å². The van der Waals surface area contributed by atoms with Crippen molar-refractivity contribution >= 4 is 11.6 Å². The Morgan fingerprint density at radius 2 is 2.05 bits per heavy atom. The van der Waals surface area contributed by atoms with E-state index in [1.54, 1.807) is 6.07 Å². The van der Waals surface area contributed by atoms with E-state index in [2.05, 4.69) is 18.7 Å². The number of nitrogens with zero attached hydrogens (tertiary/aromatic N) is 1. The molecule has 0 radical (unpaired) electrons. The van der Waals surface area contributed by atoms with Gasteiger partial charge in [-0.15, -0.1) is 0 Å². The van der Waals surface area contributed by atoms with Gasteiger partial charge in [0, 0.05) is 24.7 Å². The average Bonchev–Trinajstić information content (AvgIpc) is 2.36. The van der Waals surface area contributed by atoms with Gasteiger partial charge in [-0.05, 0) is 44.5 Å². The average molecular weight is 314 g/mol. The fraction of sp³-hybridized carbons (Fsp3) is 0.625. The van der Waals surface area contributed by atoms with Crippen molar-refractivity contribution in [2.24, 2.45) is 0 Å². The van der Waals surface area contributed by atoms with Gasteiger partial charge in [-0.3, -0.25) is 4.90 Å². The quantitative estimate of drug-likeness (QED) is 0.907. The van der Waals surface area contributed by atoms with Gasteiger partial charge < -0.3 is 14.6 Å². The molecular weight excluding hydrogens is 290 g/mol. The smallest absolute Gasteiger partial charge is 0.122 e. The van der Waals surface area contributed by atoms with Crippen molar-refractivity contribution in [3.63, 3.8) is 0 Å². The summed E-state index contributed by atoms with van der Waals surface area (Å²) in [6, 6.07) is 5.49. The number of benzene rings is 1. The highest BCUT2D eigenvalue weighted by atomic mass is 35.5. The monoisotopic (exact) mass is 313 g/mol. The van der Waals surface area contributed by atoms with Crippen LogP contribution in [0.1, 0.15) is 19.4 Å². The summed E-state index contributed by atoms with van der Waals surface area (Å²) < 4.78 is 11.4. The Balaban J connectivity index is 1.80. The third-order valence-corrected chi connectivity index (χ3v) is 3.77. The summed E-state index contributed by atoms with van der Waals surface area (Å²) in [5, 5.41) is 10.8. The van der Waals surface area contributed by atoms with Gasteiger partial charge in [-0.25, -0.2) is 0 Å². The van der Waals surface area contributed by atoms with E-state index in [0.29, 0.717) is 11.6 Å². The van der Waals surface area contributed by atoms with E-state index >= 15 is 0 Å². The number of halogens is 1. The highest BCUT2D eigenvalue weighted by Gasteiger charge is 2.23. The maximum absolute atomic E-state index is 10.1.